The second-order valence-corrected chi connectivity index (χ2v) is 34.4. The second kappa shape index (κ2) is 66.7. The van der Waals surface area contributed by atoms with Crippen LogP contribution in [-0.2, 0) is 28.4 Å². The third kappa shape index (κ3) is 75.7. The highest BCUT2D eigenvalue weighted by Gasteiger charge is 2.29. The molecule has 0 aromatic heterocycles. The van der Waals surface area contributed by atoms with Crippen molar-refractivity contribution in [2.75, 3.05) is 223 Å². The number of hydrogen-bond donors (Lipinski definition) is 25. The van der Waals surface area contributed by atoms with E-state index in [1.165, 1.54) is 6.42 Å². The van der Waals surface area contributed by atoms with Crippen molar-refractivity contribution in [1.29, 1.82) is 0 Å². The van der Waals surface area contributed by atoms with Crippen molar-refractivity contribution in [3.8, 4) is 0 Å². The fourth-order valence-corrected chi connectivity index (χ4v) is 12.5. The molecular weight excluding hydrogens is 1380 g/mol. The van der Waals surface area contributed by atoms with Crippen LogP contribution in [0, 0.1) is 11.8 Å². The normalized spacial score (nSPS) is 15.2. The molecule has 38 heteroatoms. The van der Waals surface area contributed by atoms with Crippen LogP contribution < -0.4 is 37.6 Å². The molecule has 0 heterocycles. The molecule has 0 aliphatic heterocycles. The Morgan fingerprint density at radius 3 is 0.870 bits per heavy atom. The molecule has 26 N–H and O–H groups in total. The van der Waals surface area contributed by atoms with Crippen LogP contribution in [0.4, 0.5) is 0 Å². The summed E-state index contributed by atoms with van der Waals surface area (Å²) in [7, 11) is -16.3. The molecule has 0 aliphatic carbocycles. The smallest absolute Gasteiger partial charge is 0.390 e. The van der Waals surface area contributed by atoms with E-state index in [0.717, 1.165) is 71.1 Å². The van der Waals surface area contributed by atoms with Gasteiger partial charge in [-0.1, -0.05) is 66.2 Å². The molecule has 0 amide bonds. The predicted octanol–water partition coefficient (Wildman–Crippen LogP) is -6.70. The molecule has 8 atom stereocenters. The minimum atomic E-state index is -4.11. The molecule has 0 aromatic carbocycles. The van der Waals surface area contributed by atoms with Crippen molar-refractivity contribution in [1.82, 2.24) is 46.6 Å². The summed E-state index contributed by atoms with van der Waals surface area (Å²) in [5, 5.41) is 82.3. The van der Waals surface area contributed by atoms with E-state index in [2.05, 4.69) is 74.3 Å². The van der Waals surface area contributed by atoms with Gasteiger partial charge >= 0.3 is 35.2 Å². The van der Waals surface area contributed by atoms with Crippen LogP contribution in [0.15, 0.2) is 0 Å². The van der Waals surface area contributed by atoms with Crippen LogP contribution >= 0.6 is 0 Å². The first kappa shape index (κ1) is 102. The minimum absolute atomic E-state index is 0.0586. The van der Waals surface area contributed by atoms with E-state index < -0.39 is 71.8 Å². The molecule has 0 aromatic rings. The maximum Gasteiger partial charge on any atom is 0.492 e. The van der Waals surface area contributed by atoms with Gasteiger partial charge in [0.05, 0.1) is 76.3 Å². The van der Waals surface area contributed by atoms with Gasteiger partial charge in [0.1, 0.15) is 0 Å². The number of nitrogens with two attached hydrogens (primary N) is 1. The highest BCUT2D eigenvalue weighted by atomic mass is 28.4. The number of aliphatic hydroxyl groups is 6. The van der Waals surface area contributed by atoms with Gasteiger partial charge in [0, 0.05) is 208 Å². The van der Waals surface area contributed by atoms with Crippen LogP contribution in [0.2, 0.25) is 24.2 Å². The summed E-state index contributed by atoms with van der Waals surface area (Å²) in [6.07, 6.45) is 5.85. The van der Waals surface area contributed by atoms with Gasteiger partial charge in [-0.05, 0) is 50.4 Å². The largest absolute Gasteiger partial charge is 0.492 e. The Morgan fingerprint density at radius 2 is 0.570 bits per heavy atom. The van der Waals surface area contributed by atoms with Gasteiger partial charge in [-0.15, -0.1) is 0 Å². The topological polar surface area (TPSA) is 527 Å². The van der Waals surface area contributed by atoms with Crippen LogP contribution in [0.5, 0.6) is 0 Å². The molecule has 8 unspecified atom stereocenters. The molecule has 100 heavy (non-hydrogen) atoms. The van der Waals surface area contributed by atoms with Crippen molar-refractivity contribution >= 4 is 35.2 Å². The Hall–Kier alpha value is -0.492. The van der Waals surface area contributed by atoms with E-state index in [9.17, 15) is 30.6 Å². The molecule has 0 bridgehead atoms. The van der Waals surface area contributed by atoms with Crippen LogP contribution in [0.3, 0.4) is 0 Å². The first-order valence-corrected chi connectivity index (χ1v) is 45.0. The molecular formula is C62H146N10O24Si4. The third-order valence-electron chi connectivity index (χ3n) is 15.8. The number of unbranched alkanes of at least 4 members (excludes halogenated alkanes) is 2. The average Bonchev–Trinajstić information content (AvgIpc) is 1.19. The lowest BCUT2D eigenvalue weighted by Gasteiger charge is -2.30. The predicted molar refractivity (Wildman–Crippen MR) is 390 cm³/mol. The minimum Gasteiger partial charge on any atom is -0.390 e. The molecule has 0 spiro atoms. The van der Waals surface area contributed by atoms with Gasteiger partial charge in [0.2, 0.25) is 0 Å². The van der Waals surface area contributed by atoms with Crippen molar-refractivity contribution in [2.24, 2.45) is 17.6 Å². The van der Waals surface area contributed by atoms with Gasteiger partial charge in [0.15, 0.2) is 0 Å². The molecule has 0 fully saturated rings. The summed E-state index contributed by atoms with van der Waals surface area (Å²) in [6.45, 7) is 24.2. The number of nitrogens with zero attached hydrogens (tertiary/aromatic N) is 3. The van der Waals surface area contributed by atoms with E-state index in [1.54, 1.807) is 0 Å². The van der Waals surface area contributed by atoms with E-state index in [-0.39, 0.29) is 110 Å². The molecule has 604 valence electrons. The maximum absolute atomic E-state index is 10.9. The van der Waals surface area contributed by atoms with Gasteiger partial charge in [-0.25, -0.2) is 0 Å². The fourth-order valence-electron chi connectivity index (χ4n) is 10.0. The second-order valence-electron chi connectivity index (χ2n) is 26.2. The first-order chi connectivity index (χ1) is 47.4. The fraction of sp³-hybridized carbons (Fsp3) is 1.00. The molecule has 0 radical (unpaired) electrons. The molecule has 0 saturated carbocycles. The monoisotopic (exact) mass is 1530 g/mol. The van der Waals surface area contributed by atoms with Crippen LogP contribution in [0.25, 0.3) is 0 Å². The molecule has 0 aliphatic rings. The van der Waals surface area contributed by atoms with Crippen molar-refractivity contribution in [3.63, 3.8) is 0 Å². The zero-order chi connectivity index (χ0) is 75.2. The zero-order valence-electron chi connectivity index (χ0n) is 61.4. The average molecular weight is 1530 g/mol. The number of rotatable bonds is 75. The maximum atomic E-state index is 10.9. The summed E-state index contributed by atoms with van der Waals surface area (Å²) < 4.78 is 33.3. The molecule has 0 rings (SSSR count). The van der Waals surface area contributed by atoms with Gasteiger partial charge in [0.25, 0.3) is 0 Å². The lowest BCUT2D eigenvalue weighted by Crippen LogP contribution is -2.46. The first-order valence-electron chi connectivity index (χ1n) is 36.8. The Balaban J connectivity index is 0. The van der Waals surface area contributed by atoms with E-state index >= 15 is 0 Å². The van der Waals surface area contributed by atoms with E-state index in [4.69, 9.17) is 91.7 Å². The zero-order valence-corrected chi connectivity index (χ0v) is 65.4. The van der Waals surface area contributed by atoms with Crippen molar-refractivity contribution in [2.45, 2.75) is 166 Å². The third-order valence-corrected chi connectivity index (χ3v) is 19.9. The Bertz CT molecular complexity index is 1750. The lowest BCUT2D eigenvalue weighted by atomic mass is 10.0. The number of hydrogen-bond acceptors (Lipinski definition) is 34. The quantitative estimate of drug-likeness (QED) is 0.0199. The summed E-state index contributed by atoms with van der Waals surface area (Å²) in [4.78, 5) is 115. The van der Waals surface area contributed by atoms with E-state index in [1.807, 2.05) is 0 Å². The summed E-state index contributed by atoms with van der Waals surface area (Å²) >= 11 is 0. The van der Waals surface area contributed by atoms with Crippen LogP contribution in [0.1, 0.15) is 105 Å². The summed E-state index contributed by atoms with van der Waals surface area (Å²) in [5.74, 6) is 0.981. The van der Waals surface area contributed by atoms with Crippen molar-refractivity contribution in [3.05, 3.63) is 0 Å². The SMILES string of the molecule is CCCCC(CC)COCC(O)CN(CCNCC(O)COCCC[Si](O)(O)O)CCN(CCNCCN)CC(O)COCCC[Si](O)(O)O.CCCCC(CC)COCC(O)CN(CCNCCNCCNCC(O)COCCC[Si](O)(O)O)CCNCC(O)COCCC[Si](O)(O)O. The van der Waals surface area contributed by atoms with E-state index in [0.29, 0.717) is 149 Å². The standard InChI is InChI=1S/2C31H73N5O12Si2/c1-3-5-8-28(4-2)24-48-27-31(39)23-36(14-12-34-21-29(37)25-46-17-6-19-49(40,41)42)16-15-35(13-11-33-10-9-32)22-30(38)26-47-18-7-20-50(43,44)45;1-3-5-8-28(4-2)24-48-27-31(39)23-36(16-14-35-22-30(38)26-47-18-7-20-50(43,44)45)15-13-33-10-9-32-11-12-34-21-29(37)25-46-17-6-19-49(40,41)42/h28-31,33-34,37-45H,3-27,32H2,1-2H3;28-35,37-45H,3-27H2,1-2H3. The lowest BCUT2D eigenvalue weighted by molar-refractivity contribution is -0.00168. The molecule has 34 nitrogen and oxygen atoms in total. The number of nitrogens with one attached hydrogen (secondary N) is 6. The van der Waals surface area contributed by atoms with Gasteiger partial charge < -0.3 is 154 Å². The number of aliphatic hydroxyl groups excluding tert-OH is 6. The Labute approximate surface area is 602 Å². The Morgan fingerprint density at radius 1 is 0.310 bits per heavy atom. The van der Waals surface area contributed by atoms with Gasteiger partial charge in [-0.2, -0.15) is 0 Å². The number of ether oxygens (including phenoxy) is 6. The Kier molecular flexibility index (Phi) is 67.7. The highest BCUT2D eigenvalue weighted by molar-refractivity contribution is 6.57. The highest BCUT2D eigenvalue weighted by Crippen LogP contribution is 2.15. The summed E-state index contributed by atoms with van der Waals surface area (Å²) in [5.41, 5.74) is 5.61. The van der Waals surface area contributed by atoms with Gasteiger partial charge in [-0.3, -0.25) is 14.7 Å². The van der Waals surface area contributed by atoms with Crippen LogP contribution in [-0.4, -0.2) is 398 Å². The summed E-state index contributed by atoms with van der Waals surface area (Å²) in [6, 6.07) is -0.436. The van der Waals surface area contributed by atoms with Crippen molar-refractivity contribution < 1.29 is 117 Å². The molecule has 0 saturated heterocycles.